The highest BCUT2D eigenvalue weighted by atomic mass is 127. The van der Waals surface area contributed by atoms with E-state index < -0.39 is 6.08 Å². The summed E-state index contributed by atoms with van der Waals surface area (Å²) in [6.45, 7) is 5.11. The third kappa shape index (κ3) is 4.65. The van der Waals surface area contributed by atoms with Crippen LogP contribution in [0.3, 0.4) is 0 Å². The maximum absolute atomic E-state index is 13.9. The Hall–Kier alpha value is -2.70. The highest BCUT2D eigenvalue weighted by Crippen LogP contribution is 2.36. The van der Waals surface area contributed by atoms with Gasteiger partial charge < -0.3 is 25.1 Å². The predicted molar refractivity (Wildman–Crippen MR) is 120 cm³/mol. The number of nitrogen functional groups attached to an aromatic ring is 1. The molecule has 0 atom stereocenters. The van der Waals surface area contributed by atoms with E-state index in [1.54, 1.807) is 4.57 Å². The smallest absolute Gasteiger partial charge is 0.312 e. The Balaban J connectivity index is 1.67. The number of rotatable bonds is 7. The molecule has 11 heteroatoms. The lowest BCUT2D eigenvalue weighted by atomic mass is 10.1. The molecule has 31 heavy (non-hydrogen) atoms. The Bertz CT molecular complexity index is 1150. The summed E-state index contributed by atoms with van der Waals surface area (Å²) in [6.07, 6.45) is -0.311. The number of aromatic nitrogens is 4. The molecule has 3 aromatic rings. The van der Waals surface area contributed by atoms with E-state index in [9.17, 15) is 9.18 Å². The third-order valence-electron chi connectivity index (χ3n) is 4.83. The quantitative estimate of drug-likeness (QED) is 0.350. The molecule has 0 aliphatic carbocycles. The number of hydrogen-bond acceptors (Lipinski definition) is 7. The van der Waals surface area contributed by atoms with Crippen LogP contribution >= 0.6 is 22.6 Å². The topological polar surface area (TPSA) is 117 Å². The molecule has 9 nitrogen and oxygen atoms in total. The second-order valence-electron chi connectivity index (χ2n) is 7.65. The van der Waals surface area contributed by atoms with Gasteiger partial charge >= 0.3 is 6.08 Å². The van der Waals surface area contributed by atoms with Gasteiger partial charge in [-0.15, -0.1) is 0 Å². The van der Waals surface area contributed by atoms with Crippen LogP contribution in [0.25, 0.3) is 11.2 Å². The number of nitrogens with zero attached hydrogens (tertiary/aromatic N) is 4. The first kappa shape index (κ1) is 21.5. The molecule has 1 aliphatic heterocycles. The third-order valence-corrected chi connectivity index (χ3v) is 5.84. The number of amides is 1. The molecular weight excluding hydrogens is 518 g/mol. The zero-order chi connectivity index (χ0) is 22.1. The second-order valence-corrected chi connectivity index (χ2v) is 8.81. The molecule has 0 saturated heterocycles. The van der Waals surface area contributed by atoms with Crippen LogP contribution in [-0.2, 0) is 17.8 Å². The maximum atomic E-state index is 13.9. The molecule has 1 aromatic carbocycles. The summed E-state index contributed by atoms with van der Waals surface area (Å²) in [7, 11) is 0. The monoisotopic (exact) mass is 540 g/mol. The van der Waals surface area contributed by atoms with Crippen molar-refractivity contribution in [1.29, 1.82) is 0 Å². The zero-order valence-corrected chi connectivity index (χ0v) is 19.3. The number of halogens is 2. The normalized spacial score (nSPS) is 12.7. The van der Waals surface area contributed by atoms with E-state index in [-0.39, 0.29) is 37.1 Å². The largest absolute Gasteiger partial charge is 0.454 e. The number of fused-ring (bicyclic) bond motifs is 2. The predicted octanol–water partition coefficient (Wildman–Crippen LogP) is 2.63. The molecule has 0 unspecified atom stereocenters. The van der Waals surface area contributed by atoms with E-state index in [0.29, 0.717) is 41.7 Å². The van der Waals surface area contributed by atoms with Crippen LogP contribution in [0.1, 0.15) is 31.7 Å². The van der Waals surface area contributed by atoms with Gasteiger partial charge in [-0.1, -0.05) is 13.8 Å². The van der Waals surface area contributed by atoms with Crippen LogP contribution in [0.5, 0.6) is 11.5 Å². The van der Waals surface area contributed by atoms with Crippen molar-refractivity contribution >= 4 is 45.5 Å². The van der Waals surface area contributed by atoms with Crippen molar-refractivity contribution in [1.82, 2.24) is 24.8 Å². The van der Waals surface area contributed by atoms with Crippen LogP contribution in [0.4, 0.5) is 10.2 Å². The van der Waals surface area contributed by atoms with Gasteiger partial charge in [-0.05, 0) is 46.2 Å². The van der Waals surface area contributed by atoms with Gasteiger partial charge in [-0.3, -0.25) is 4.79 Å². The Labute approximate surface area is 191 Å². The fraction of sp³-hybridized carbons (Fsp3) is 0.400. The van der Waals surface area contributed by atoms with E-state index in [4.69, 9.17) is 15.2 Å². The number of benzene rings is 1. The lowest BCUT2D eigenvalue weighted by molar-refractivity contribution is -0.121. The first-order chi connectivity index (χ1) is 14.8. The number of hydrogen-bond donors (Lipinski definition) is 2. The molecule has 1 amide bonds. The van der Waals surface area contributed by atoms with Crippen LogP contribution in [0.15, 0.2) is 12.1 Å². The van der Waals surface area contributed by atoms with Crippen molar-refractivity contribution in [3.05, 3.63) is 33.2 Å². The summed E-state index contributed by atoms with van der Waals surface area (Å²) in [5.41, 5.74) is 7.43. The van der Waals surface area contributed by atoms with Crippen molar-refractivity contribution in [3.63, 3.8) is 0 Å². The van der Waals surface area contributed by atoms with Crippen molar-refractivity contribution in [3.8, 4) is 11.5 Å². The number of carbonyl (C=O) groups is 1. The Morgan fingerprint density at radius 1 is 1.29 bits per heavy atom. The van der Waals surface area contributed by atoms with Crippen molar-refractivity contribution in [2.75, 3.05) is 19.1 Å². The van der Waals surface area contributed by atoms with E-state index in [2.05, 4.69) is 42.9 Å². The fourth-order valence-electron chi connectivity index (χ4n) is 3.29. The minimum Gasteiger partial charge on any atom is -0.454 e. The van der Waals surface area contributed by atoms with Crippen LogP contribution in [-0.4, -0.2) is 38.8 Å². The zero-order valence-electron chi connectivity index (χ0n) is 17.1. The first-order valence-electron chi connectivity index (χ1n) is 9.84. The molecule has 2 aromatic heterocycles. The summed E-state index contributed by atoms with van der Waals surface area (Å²) >= 11 is 2.22. The molecule has 0 bridgehead atoms. The molecule has 0 radical (unpaired) electrons. The molecule has 164 valence electrons. The summed E-state index contributed by atoms with van der Waals surface area (Å²) in [4.78, 5) is 24.3. The Kier molecular flexibility index (Phi) is 6.12. The summed E-state index contributed by atoms with van der Waals surface area (Å²) in [5, 5.41) is 2.89. The average molecular weight is 540 g/mol. The van der Waals surface area contributed by atoms with Gasteiger partial charge in [0.25, 0.3) is 0 Å². The standard InChI is InChI=1S/C20H22FIN6O3/c1-10(2)8-24-16(29)3-4-28-15(25-17-18(23)26-20(21)27-19(17)28)6-11-5-13-14(7-12(11)22)31-9-30-13/h5,7,10H,3-4,6,8-9H2,1-2H3,(H,24,29)(H2,23,26,27). The first-order valence-corrected chi connectivity index (χ1v) is 10.9. The molecule has 0 fully saturated rings. The molecule has 3 N–H and O–H groups in total. The number of ether oxygens (including phenoxy) is 2. The van der Waals surface area contributed by atoms with E-state index in [0.717, 1.165) is 9.13 Å². The van der Waals surface area contributed by atoms with E-state index in [1.165, 1.54) is 0 Å². The number of nitrogens with two attached hydrogens (primary N) is 1. The molecular formula is C20H22FIN6O3. The minimum atomic E-state index is -0.931. The highest BCUT2D eigenvalue weighted by molar-refractivity contribution is 14.1. The SMILES string of the molecule is CC(C)CNC(=O)CCn1c(Cc2cc3c(cc2I)OCO3)nc2c(N)nc(F)nc21. The lowest BCUT2D eigenvalue weighted by Gasteiger charge is -2.11. The molecule has 4 rings (SSSR count). The summed E-state index contributed by atoms with van der Waals surface area (Å²) in [5.74, 6) is 2.18. The summed E-state index contributed by atoms with van der Waals surface area (Å²) < 4.78 is 27.5. The van der Waals surface area contributed by atoms with Crippen LogP contribution < -0.4 is 20.5 Å². The number of anilines is 1. The van der Waals surface area contributed by atoms with Gasteiger partial charge in [-0.2, -0.15) is 14.4 Å². The van der Waals surface area contributed by atoms with Crippen molar-refractivity contribution in [2.24, 2.45) is 5.92 Å². The van der Waals surface area contributed by atoms with Gasteiger partial charge in [0, 0.05) is 29.5 Å². The van der Waals surface area contributed by atoms with Gasteiger partial charge in [0.15, 0.2) is 28.5 Å². The molecule has 0 saturated carbocycles. The fourth-order valence-corrected chi connectivity index (χ4v) is 3.92. The molecule has 1 aliphatic rings. The summed E-state index contributed by atoms with van der Waals surface area (Å²) in [6, 6.07) is 3.80. The van der Waals surface area contributed by atoms with Crippen LogP contribution in [0.2, 0.25) is 0 Å². The van der Waals surface area contributed by atoms with Gasteiger partial charge in [0.1, 0.15) is 5.82 Å². The Morgan fingerprint density at radius 2 is 2.03 bits per heavy atom. The highest BCUT2D eigenvalue weighted by Gasteiger charge is 2.21. The van der Waals surface area contributed by atoms with Crippen molar-refractivity contribution < 1.29 is 18.7 Å². The minimum absolute atomic E-state index is 0.0351. The molecule has 0 spiro atoms. The number of nitrogens with one attached hydrogen (secondary N) is 1. The van der Waals surface area contributed by atoms with E-state index in [1.807, 2.05) is 26.0 Å². The van der Waals surface area contributed by atoms with Crippen LogP contribution in [0, 0.1) is 15.6 Å². The molecule has 3 heterocycles. The number of aryl methyl sites for hydroxylation is 1. The van der Waals surface area contributed by atoms with Gasteiger partial charge in [0.2, 0.25) is 12.7 Å². The lowest BCUT2D eigenvalue weighted by Crippen LogP contribution is -2.28. The number of carbonyl (C=O) groups excluding carboxylic acids is 1. The Morgan fingerprint density at radius 3 is 2.77 bits per heavy atom. The average Bonchev–Trinajstić information content (AvgIpc) is 3.29. The maximum Gasteiger partial charge on any atom is 0.312 e. The number of imidazole rings is 1. The van der Waals surface area contributed by atoms with Gasteiger partial charge in [0.05, 0.1) is 0 Å². The van der Waals surface area contributed by atoms with Gasteiger partial charge in [-0.25, -0.2) is 4.98 Å². The van der Waals surface area contributed by atoms with E-state index >= 15 is 0 Å². The van der Waals surface area contributed by atoms with Crippen molar-refractivity contribution in [2.45, 2.75) is 33.2 Å². The second kappa shape index (κ2) is 8.81.